The first kappa shape index (κ1) is 10.5. The fourth-order valence-electron chi connectivity index (χ4n) is 5.33. The van der Waals surface area contributed by atoms with E-state index in [2.05, 4.69) is 41.5 Å². The van der Waals surface area contributed by atoms with Crippen molar-refractivity contribution in [1.82, 2.24) is 0 Å². The Bertz CT molecular complexity index is 213. The first-order valence-electron chi connectivity index (χ1n) is 6.08. The van der Waals surface area contributed by atoms with Crippen molar-refractivity contribution in [3.63, 3.8) is 0 Å². The van der Waals surface area contributed by atoms with E-state index in [4.69, 9.17) is 0 Å². The standard InChI is InChI=1S/C14H26/c1-11(2)7-13(5)9-12(3,4)10-14(13,6)8-11/h7-10H2,1-6H3. The highest BCUT2D eigenvalue weighted by Crippen LogP contribution is 2.71. The summed E-state index contributed by atoms with van der Waals surface area (Å²) in [5.41, 5.74) is 2.39. The first-order chi connectivity index (χ1) is 6.08. The molecular formula is C14H26. The highest BCUT2D eigenvalue weighted by atomic mass is 14.7. The molecule has 0 radical (unpaired) electrons. The van der Waals surface area contributed by atoms with Gasteiger partial charge in [0.2, 0.25) is 0 Å². The van der Waals surface area contributed by atoms with Crippen LogP contribution in [0.4, 0.5) is 0 Å². The van der Waals surface area contributed by atoms with Gasteiger partial charge < -0.3 is 0 Å². The third-order valence-corrected chi connectivity index (χ3v) is 4.93. The van der Waals surface area contributed by atoms with Crippen LogP contribution in [0.5, 0.6) is 0 Å². The molecule has 0 N–H and O–H groups in total. The van der Waals surface area contributed by atoms with Crippen molar-refractivity contribution in [2.24, 2.45) is 21.7 Å². The van der Waals surface area contributed by atoms with E-state index in [1.807, 2.05) is 0 Å². The highest BCUT2D eigenvalue weighted by Gasteiger charge is 2.61. The maximum Gasteiger partial charge on any atom is -0.0261 e. The summed E-state index contributed by atoms with van der Waals surface area (Å²) in [7, 11) is 0. The lowest BCUT2D eigenvalue weighted by Crippen LogP contribution is -2.25. The summed E-state index contributed by atoms with van der Waals surface area (Å²) in [4.78, 5) is 0. The molecule has 2 saturated carbocycles. The SMILES string of the molecule is CC1(C)CC2(C)CC(C)(C)CC2(C)C1. The van der Waals surface area contributed by atoms with E-state index in [0.29, 0.717) is 21.7 Å². The Hall–Kier alpha value is 0. The van der Waals surface area contributed by atoms with Crippen LogP contribution in [0.1, 0.15) is 67.2 Å². The normalized spacial score (nSPS) is 49.3. The van der Waals surface area contributed by atoms with Crippen LogP contribution in [0, 0.1) is 21.7 Å². The van der Waals surface area contributed by atoms with Crippen LogP contribution in [0.3, 0.4) is 0 Å². The minimum absolute atomic E-state index is 0.583. The predicted octanol–water partition coefficient (Wildman–Crippen LogP) is 4.64. The van der Waals surface area contributed by atoms with Gasteiger partial charge in [0.25, 0.3) is 0 Å². The van der Waals surface area contributed by atoms with E-state index in [1.165, 1.54) is 25.7 Å². The van der Waals surface area contributed by atoms with Crippen molar-refractivity contribution >= 4 is 0 Å². The topological polar surface area (TPSA) is 0 Å². The lowest BCUT2D eigenvalue weighted by molar-refractivity contribution is 0.157. The summed E-state index contributed by atoms with van der Waals surface area (Å²) in [6, 6.07) is 0. The molecule has 0 saturated heterocycles. The van der Waals surface area contributed by atoms with Gasteiger partial charge in [-0.05, 0) is 47.3 Å². The van der Waals surface area contributed by atoms with Crippen molar-refractivity contribution in [1.29, 1.82) is 0 Å². The molecule has 0 aromatic carbocycles. The zero-order valence-electron chi connectivity index (χ0n) is 10.8. The second-order valence-corrected chi connectivity index (χ2v) is 8.16. The second kappa shape index (κ2) is 2.39. The highest BCUT2D eigenvalue weighted by molar-refractivity contribution is 5.11. The molecule has 2 aliphatic rings. The quantitative estimate of drug-likeness (QED) is 0.527. The summed E-state index contributed by atoms with van der Waals surface area (Å²) in [5, 5.41) is 0. The monoisotopic (exact) mass is 194 g/mol. The van der Waals surface area contributed by atoms with Crippen LogP contribution >= 0.6 is 0 Å². The summed E-state index contributed by atoms with van der Waals surface area (Å²) < 4.78 is 0. The molecule has 14 heavy (non-hydrogen) atoms. The zero-order chi connectivity index (χ0) is 10.8. The van der Waals surface area contributed by atoms with Crippen molar-refractivity contribution in [2.45, 2.75) is 67.2 Å². The van der Waals surface area contributed by atoms with Gasteiger partial charge in [-0.1, -0.05) is 41.5 Å². The van der Waals surface area contributed by atoms with Gasteiger partial charge in [0.1, 0.15) is 0 Å². The average molecular weight is 194 g/mol. The third-order valence-electron chi connectivity index (χ3n) is 4.93. The summed E-state index contributed by atoms with van der Waals surface area (Å²) in [5.74, 6) is 0. The molecule has 0 aromatic rings. The van der Waals surface area contributed by atoms with Gasteiger partial charge >= 0.3 is 0 Å². The number of hydrogen-bond donors (Lipinski definition) is 0. The Morgan fingerprint density at radius 1 is 0.500 bits per heavy atom. The molecule has 0 aromatic heterocycles. The number of rotatable bonds is 0. The maximum atomic E-state index is 2.54. The molecule has 0 unspecified atom stereocenters. The van der Waals surface area contributed by atoms with E-state index in [0.717, 1.165) is 0 Å². The molecule has 0 heterocycles. The van der Waals surface area contributed by atoms with Crippen LogP contribution < -0.4 is 0 Å². The van der Waals surface area contributed by atoms with Gasteiger partial charge in [-0.25, -0.2) is 0 Å². The van der Waals surface area contributed by atoms with Crippen molar-refractivity contribution in [2.75, 3.05) is 0 Å². The summed E-state index contributed by atoms with van der Waals surface area (Å²) in [6.07, 6.45) is 5.72. The predicted molar refractivity (Wildman–Crippen MR) is 62.2 cm³/mol. The van der Waals surface area contributed by atoms with Gasteiger partial charge in [0, 0.05) is 0 Å². The fourth-order valence-corrected chi connectivity index (χ4v) is 5.33. The Balaban J connectivity index is 2.34. The summed E-state index contributed by atoms with van der Waals surface area (Å²) in [6.45, 7) is 14.9. The third kappa shape index (κ3) is 1.33. The lowest BCUT2D eigenvalue weighted by atomic mass is 9.71. The Morgan fingerprint density at radius 2 is 0.714 bits per heavy atom. The fraction of sp³-hybridized carbons (Fsp3) is 1.00. The molecule has 2 aliphatic carbocycles. The van der Waals surface area contributed by atoms with Gasteiger partial charge in [-0.3, -0.25) is 0 Å². The number of fused-ring (bicyclic) bond motifs is 1. The van der Waals surface area contributed by atoms with Gasteiger partial charge in [0.05, 0.1) is 0 Å². The molecule has 0 spiro atoms. The van der Waals surface area contributed by atoms with Gasteiger partial charge in [-0.2, -0.15) is 0 Å². The second-order valence-electron chi connectivity index (χ2n) is 8.16. The van der Waals surface area contributed by atoms with E-state index in [9.17, 15) is 0 Å². The molecule has 0 bridgehead atoms. The molecule has 2 rings (SSSR count). The molecule has 2 fully saturated rings. The Labute approximate surface area is 89.5 Å². The van der Waals surface area contributed by atoms with Gasteiger partial charge in [0.15, 0.2) is 0 Å². The molecule has 0 heteroatoms. The van der Waals surface area contributed by atoms with E-state index < -0.39 is 0 Å². The zero-order valence-corrected chi connectivity index (χ0v) is 10.8. The molecular weight excluding hydrogens is 168 g/mol. The Morgan fingerprint density at radius 3 is 0.929 bits per heavy atom. The van der Waals surface area contributed by atoms with Crippen LogP contribution in [0.2, 0.25) is 0 Å². The van der Waals surface area contributed by atoms with Crippen LogP contribution in [-0.2, 0) is 0 Å². The largest absolute Gasteiger partial charge is 0.0599 e. The number of hydrogen-bond acceptors (Lipinski definition) is 0. The molecule has 0 atom stereocenters. The molecule has 0 nitrogen and oxygen atoms in total. The van der Waals surface area contributed by atoms with Gasteiger partial charge in [-0.15, -0.1) is 0 Å². The molecule has 0 aliphatic heterocycles. The maximum absolute atomic E-state index is 2.54. The van der Waals surface area contributed by atoms with Crippen molar-refractivity contribution in [3.05, 3.63) is 0 Å². The summed E-state index contributed by atoms with van der Waals surface area (Å²) >= 11 is 0. The van der Waals surface area contributed by atoms with E-state index in [1.54, 1.807) is 0 Å². The minimum atomic E-state index is 0.583. The van der Waals surface area contributed by atoms with Crippen LogP contribution in [0.25, 0.3) is 0 Å². The van der Waals surface area contributed by atoms with E-state index in [-0.39, 0.29) is 0 Å². The smallest absolute Gasteiger partial charge is 0.0261 e. The first-order valence-corrected chi connectivity index (χ1v) is 6.08. The van der Waals surface area contributed by atoms with Crippen molar-refractivity contribution < 1.29 is 0 Å². The molecule has 82 valence electrons. The van der Waals surface area contributed by atoms with Crippen LogP contribution in [-0.4, -0.2) is 0 Å². The van der Waals surface area contributed by atoms with Crippen LogP contribution in [0.15, 0.2) is 0 Å². The minimum Gasteiger partial charge on any atom is -0.0599 e. The molecule has 0 amide bonds. The average Bonchev–Trinajstić information content (AvgIpc) is 1.99. The lowest BCUT2D eigenvalue weighted by Gasteiger charge is -2.34. The van der Waals surface area contributed by atoms with Crippen molar-refractivity contribution in [3.8, 4) is 0 Å². The Kier molecular flexibility index (Phi) is 1.79. The van der Waals surface area contributed by atoms with E-state index >= 15 is 0 Å².